The van der Waals surface area contributed by atoms with Crippen molar-refractivity contribution in [1.82, 2.24) is 4.98 Å². The molecule has 0 spiro atoms. The molecule has 2 rings (SSSR count). The second-order valence-electron chi connectivity index (χ2n) is 3.12. The van der Waals surface area contributed by atoms with E-state index in [4.69, 9.17) is 5.53 Å². The highest BCUT2D eigenvalue weighted by atomic mass is 19.4. The topological polar surface area (TPSA) is 64.6 Å². The van der Waals surface area contributed by atoms with Crippen LogP contribution in [0.4, 0.5) is 18.9 Å². The summed E-state index contributed by atoms with van der Waals surface area (Å²) in [5, 5.41) is 3.56. The molecule has 16 heavy (non-hydrogen) atoms. The number of hydrogen-bond acceptors (Lipinski definition) is 1. The number of alkyl halides is 3. The van der Waals surface area contributed by atoms with Crippen molar-refractivity contribution in [3.05, 3.63) is 40.4 Å². The maximum absolute atomic E-state index is 12.4. The van der Waals surface area contributed by atoms with Gasteiger partial charge in [-0.05, 0) is 23.7 Å². The predicted molar refractivity (Wildman–Crippen MR) is 52.1 cm³/mol. The fraction of sp³-hybridized carbons (Fsp3) is 0.111. The van der Waals surface area contributed by atoms with E-state index < -0.39 is 11.7 Å². The maximum Gasteiger partial charge on any atom is 0.416 e. The zero-order chi connectivity index (χ0) is 11.8. The van der Waals surface area contributed by atoms with Gasteiger partial charge in [0.2, 0.25) is 0 Å². The quantitative estimate of drug-likeness (QED) is 0.431. The largest absolute Gasteiger partial charge is 0.416 e. The Labute approximate surface area is 87.3 Å². The molecule has 0 saturated heterocycles. The van der Waals surface area contributed by atoms with Crippen molar-refractivity contribution < 1.29 is 13.2 Å². The Hall–Kier alpha value is -2.14. The molecule has 0 aliphatic carbocycles. The summed E-state index contributed by atoms with van der Waals surface area (Å²) in [4.78, 5) is 5.26. The Morgan fingerprint density at radius 3 is 2.69 bits per heavy atom. The first-order valence-electron chi connectivity index (χ1n) is 4.26. The lowest BCUT2D eigenvalue weighted by molar-refractivity contribution is -0.137. The number of fused-ring (bicyclic) bond motifs is 1. The Morgan fingerprint density at radius 1 is 1.31 bits per heavy atom. The third-order valence-electron chi connectivity index (χ3n) is 2.14. The number of nitrogens with one attached hydrogen (secondary N) is 1. The van der Waals surface area contributed by atoms with Crippen LogP contribution in [0.5, 0.6) is 0 Å². The van der Waals surface area contributed by atoms with E-state index in [-0.39, 0.29) is 11.1 Å². The number of benzene rings is 1. The molecule has 0 fully saturated rings. The Bertz CT molecular complexity index is 578. The molecule has 0 atom stereocenters. The van der Waals surface area contributed by atoms with Crippen molar-refractivity contribution in [2.24, 2.45) is 5.11 Å². The van der Waals surface area contributed by atoms with Crippen molar-refractivity contribution >= 4 is 16.6 Å². The summed E-state index contributed by atoms with van der Waals surface area (Å²) in [6, 6.07) is 3.23. The summed E-state index contributed by atoms with van der Waals surface area (Å²) in [5.74, 6) is 0. The van der Waals surface area contributed by atoms with Crippen molar-refractivity contribution in [3.63, 3.8) is 0 Å². The van der Waals surface area contributed by atoms with Crippen LogP contribution in [0.1, 0.15) is 5.56 Å². The van der Waals surface area contributed by atoms with Gasteiger partial charge in [-0.1, -0.05) is 5.11 Å². The second kappa shape index (κ2) is 3.46. The molecule has 0 radical (unpaired) electrons. The van der Waals surface area contributed by atoms with Crippen LogP contribution in [-0.2, 0) is 6.18 Å². The van der Waals surface area contributed by atoms with Gasteiger partial charge in [-0.3, -0.25) is 0 Å². The van der Waals surface area contributed by atoms with Crippen LogP contribution in [0.25, 0.3) is 21.3 Å². The smallest absolute Gasteiger partial charge is 0.361 e. The summed E-state index contributed by atoms with van der Waals surface area (Å²) >= 11 is 0. The van der Waals surface area contributed by atoms with E-state index in [0.29, 0.717) is 5.52 Å². The van der Waals surface area contributed by atoms with Crippen molar-refractivity contribution in [1.29, 1.82) is 0 Å². The minimum atomic E-state index is -4.40. The molecule has 0 aliphatic heterocycles. The summed E-state index contributed by atoms with van der Waals surface area (Å²) in [7, 11) is 0. The van der Waals surface area contributed by atoms with E-state index in [9.17, 15) is 13.2 Å². The molecule has 1 N–H and O–H groups in total. The maximum atomic E-state index is 12.4. The van der Waals surface area contributed by atoms with Crippen molar-refractivity contribution in [2.45, 2.75) is 6.18 Å². The molecular weight excluding hydrogens is 221 g/mol. The summed E-state index contributed by atoms with van der Waals surface area (Å²) in [6.45, 7) is 0. The average molecular weight is 226 g/mol. The number of nitrogens with zero attached hydrogens (tertiary/aromatic N) is 3. The predicted octanol–water partition coefficient (Wildman–Crippen LogP) is 4.13. The molecule has 1 aromatic carbocycles. The number of aromatic amines is 1. The summed E-state index contributed by atoms with van der Waals surface area (Å²) in [6.07, 6.45) is -3.04. The van der Waals surface area contributed by atoms with Gasteiger partial charge in [-0.2, -0.15) is 13.2 Å². The van der Waals surface area contributed by atoms with E-state index in [1.54, 1.807) is 0 Å². The zero-order valence-electron chi connectivity index (χ0n) is 7.78. The molecule has 1 aromatic heterocycles. The third-order valence-corrected chi connectivity index (χ3v) is 2.14. The van der Waals surface area contributed by atoms with E-state index in [0.717, 1.165) is 12.1 Å². The van der Waals surface area contributed by atoms with E-state index in [1.165, 1.54) is 12.3 Å². The van der Waals surface area contributed by atoms with Crippen LogP contribution in [0.15, 0.2) is 29.5 Å². The zero-order valence-corrected chi connectivity index (χ0v) is 7.78. The minimum Gasteiger partial charge on any atom is -0.361 e. The third kappa shape index (κ3) is 1.68. The van der Waals surface area contributed by atoms with Crippen LogP contribution in [0.3, 0.4) is 0 Å². The molecule has 4 nitrogen and oxygen atoms in total. The lowest BCUT2D eigenvalue weighted by atomic mass is 10.1. The van der Waals surface area contributed by atoms with Crippen LogP contribution < -0.4 is 0 Å². The van der Waals surface area contributed by atoms with Gasteiger partial charge in [0.15, 0.2) is 0 Å². The van der Waals surface area contributed by atoms with Gasteiger partial charge in [-0.15, -0.1) is 0 Å². The fourth-order valence-corrected chi connectivity index (χ4v) is 1.41. The second-order valence-corrected chi connectivity index (χ2v) is 3.12. The molecule has 0 aliphatic rings. The van der Waals surface area contributed by atoms with Crippen LogP contribution in [0, 0.1) is 0 Å². The van der Waals surface area contributed by atoms with Gasteiger partial charge in [0.1, 0.15) is 0 Å². The number of azide groups is 1. The Kier molecular flexibility index (Phi) is 2.25. The highest BCUT2D eigenvalue weighted by molar-refractivity contribution is 5.91. The first kappa shape index (κ1) is 10.4. The monoisotopic (exact) mass is 226 g/mol. The molecule has 0 amide bonds. The van der Waals surface area contributed by atoms with Crippen molar-refractivity contribution in [3.8, 4) is 0 Å². The van der Waals surface area contributed by atoms with Gasteiger partial charge in [0.25, 0.3) is 0 Å². The van der Waals surface area contributed by atoms with Crippen LogP contribution in [-0.4, -0.2) is 4.98 Å². The molecule has 0 unspecified atom stereocenters. The Morgan fingerprint density at radius 2 is 2.06 bits per heavy atom. The van der Waals surface area contributed by atoms with E-state index in [2.05, 4.69) is 15.0 Å². The molecule has 2 aromatic rings. The molecule has 82 valence electrons. The lowest BCUT2D eigenvalue weighted by Gasteiger charge is -2.05. The molecule has 0 saturated carbocycles. The lowest BCUT2D eigenvalue weighted by Crippen LogP contribution is -2.03. The SMILES string of the molecule is [N-]=[N+]=Nc1c[nH]c2ccc(C(F)(F)F)cc12. The number of hydrogen-bond donors (Lipinski definition) is 1. The first-order valence-corrected chi connectivity index (χ1v) is 4.26. The number of H-pyrrole nitrogens is 1. The van der Waals surface area contributed by atoms with Crippen LogP contribution in [0.2, 0.25) is 0 Å². The molecule has 7 heteroatoms. The summed E-state index contributed by atoms with van der Waals surface area (Å²) in [5.41, 5.74) is 8.13. The highest BCUT2D eigenvalue weighted by Gasteiger charge is 2.30. The average Bonchev–Trinajstić information content (AvgIpc) is 2.60. The van der Waals surface area contributed by atoms with Gasteiger partial charge in [0.05, 0.1) is 11.3 Å². The number of halogens is 3. The van der Waals surface area contributed by atoms with Crippen molar-refractivity contribution in [2.75, 3.05) is 0 Å². The van der Waals surface area contributed by atoms with E-state index >= 15 is 0 Å². The van der Waals surface area contributed by atoms with Gasteiger partial charge < -0.3 is 4.98 Å². The van der Waals surface area contributed by atoms with Gasteiger partial charge in [-0.25, -0.2) is 0 Å². The minimum absolute atomic E-state index is 0.156. The number of aromatic nitrogens is 1. The molecule has 0 bridgehead atoms. The summed E-state index contributed by atoms with van der Waals surface area (Å²) < 4.78 is 37.3. The molecule has 1 heterocycles. The van der Waals surface area contributed by atoms with Gasteiger partial charge in [0, 0.05) is 22.0 Å². The highest BCUT2D eigenvalue weighted by Crippen LogP contribution is 2.34. The van der Waals surface area contributed by atoms with Gasteiger partial charge >= 0.3 is 6.18 Å². The normalized spacial score (nSPS) is 11.4. The standard InChI is InChI=1S/C9H5F3N4/c10-9(11,12)5-1-2-7-6(3-5)8(4-14-7)15-16-13/h1-4,14H. The van der Waals surface area contributed by atoms with Crippen LogP contribution >= 0.6 is 0 Å². The molecular formula is C9H5F3N4. The number of rotatable bonds is 1. The first-order chi connectivity index (χ1) is 7.52. The van der Waals surface area contributed by atoms with E-state index in [1.807, 2.05) is 0 Å². The Balaban J connectivity index is 2.67. The fourth-order valence-electron chi connectivity index (χ4n) is 1.41.